The van der Waals surface area contributed by atoms with Crippen LogP contribution in [0, 0.1) is 5.82 Å². The van der Waals surface area contributed by atoms with Crippen molar-refractivity contribution in [1.29, 1.82) is 0 Å². The first kappa shape index (κ1) is 15.8. The Kier molecular flexibility index (Phi) is 3.47. The highest BCUT2D eigenvalue weighted by atomic mass is 19.1. The molecule has 130 valence electrons. The number of aromatic hydroxyl groups is 2. The van der Waals surface area contributed by atoms with Gasteiger partial charge in [0.2, 0.25) is 0 Å². The van der Waals surface area contributed by atoms with Gasteiger partial charge in [0.05, 0.1) is 12.1 Å². The summed E-state index contributed by atoms with van der Waals surface area (Å²) in [5, 5.41) is 19.9. The van der Waals surface area contributed by atoms with Crippen LogP contribution in [0.4, 0.5) is 4.39 Å². The van der Waals surface area contributed by atoms with Gasteiger partial charge in [-0.25, -0.2) is 9.37 Å². The van der Waals surface area contributed by atoms with Crippen molar-refractivity contribution < 1.29 is 14.6 Å². The molecule has 2 N–H and O–H groups in total. The summed E-state index contributed by atoms with van der Waals surface area (Å²) in [5.41, 5.74) is -0.579. The molecular weight excluding hydrogens is 341 g/mol. The van der Waals surface area contributed by atoms with E-state index in [4.69, 9.17) is 0 Å². The predicted octanol–water partition coefficient (Wildman–Crippen LogP) is 1.61. The Bertz CT molecular complexity index is 1280. The van der Waals surface area contributed by atoms with Crippen LogP contribution in [0.3, 0.4) is 0 Å². The summed E-state index contributed by atoms with van der Waals surface area (Å²) < 4.78 is 15.4. The zero-order valence-electron chi connectivity index (χ0n) is 13.3. The molecule has 4 aromatic rings. The number of benzene rings is 1. The van der Waals surface area contributed by atoms with Crippen molar-refractivity contribution in [2.45, 2.75) is 6.54 Å². The number of nitrogens with zero attached hydrogens (tertiary/aromatic N) is 3. The number of rotatable bonds is 2. The molecule has 3 heterocycles. The third-order valence-corrected chi connectivity index (χ3v) is 4.14. The largest absolute Gasteiger partial charge is 0.504 e. The molecular formula is C18H12FN3O4. The lowest BCUT2D eigenvalue weighted by Crippen LogP contribution is -2.28. The van der Waals surface area contributed by atoms with E-state index in [1.807, 2.05) is 0 Å². The van der Waals surface area contributed by atoms with E-state index in [1.54, 1.807) is 12.1 Å². The summed E-state index contributed by atoms with van der Waals surface area (Å²) in [4.78, 5) is 29.4. The van der Waals surface area contributed by atoms with Gasteiger partial charge in [0, 0.05) is 12.3 Å². The van der Waals surface area contributed by atoms with Gasteiger partial charge in [-0.15, -0.1) is 0 Å². The maximum absolute atomic E-state index is 13.1. The fourth-order valence-corrected chi connectivity index (χ4v) is 2.93. The molecule has 26 heavy (non-hydrogen) atoms. The number of aromatic nitrogens is 3. The van der Waals surface area contributed by atoms with Crippen LogP contribution in [0.2, 0.25) is 0 Å². The Balaban J connectivity index is 2.13. The molecule has 0 aliphatic heterocycles. The summed E-state index contributed by atoms with van der Waals surface area (Å²) in [5.74, 6) is -1.79. The number of hydrogen-bond donors (Lipinski definition) is 2. The molecule has 8 heteroatoms. The standard InChI is InChI=1S/C18H12FN3O4/c19-11-5-3-10(4-6-11)9-21-12-2-1-7-20-17(12)22-14(24)8-13(23)16(25)15(22)18(21)26/h1-8,23,25H,9H2. The van der Waals surface area contributed by atoms with E-state index in [2.05, 4.69) is 4.98 Å². The second-order valence-electron chi connectivity index (χ2n) is 5.76. The number of fused-ring (bicyclic) bond motifs is 3. The second-order valence-corrected chi connectivity index (χ2v) is 5.76. The van der Waals surface area contributed by atoms with Crippen molar-refractivity contribution in [3.05, 3.63) is 80.7 Å². The van der Waals surface area contributed by atoms with Gasteiger partial charge in [0.1, 0.15) is 5.82 Å². The van der Waals surface area contributed by atoms with Gasteiger partial charge in [-0.05, 0) is 29.8 Å². The molecule has 4 rings (SSSR count). The van der Waals surface area contributed by atoms with Crippen LogP contribution >= 0.6 is 0 Å². The monoisotopic (exact) mass is 353 g/mol. The molecule has 0 amide bonds. The van der Waals surface area contributed by atoms with E-state index in [-0.39, 0.29) is 17.7 Å². The minimum atomic E-state index is -0.699. The Morgan fingerprint density at radius 3 is 2.54 bits per heavy atom. The van der Waals surface area contributed by atoms with Crippen LogP contribution in [0.5, 0.6) is 11.5 Å². The summed E-state index contributed by atoms with van der Waals surface area (Å²) in [6.07, 6.45) is 1.45. The average Bonchev–Trinajstić information content (AvgIpc) is 2.63. The van der Waals surface area contributed by atoms with Gasteiger partial charge in [-0.2, -0.15) is 0 Å². The molecule has 0 spiro atoms. The Hall–Kier alpha value is -3.68. The molecule has 0 saturated heterocycles. The summed E-state index contributed by atoms with van der Waals surface area (Å²) in [7, 11) is 0. The van der Waals surface area contributed by atoms with Crippen molar-refractivity contribution in [1.82, 2.24) is 14.0 Å². The van der Waals surface area contributed by atoms with Crippen molar-refractivity contribution in [2.75, 3.05) is 0 Å². The first-order valence-corrected chi connectivity index (χ1v) is 7.67. The predicted molar refractivity (Wildman–Crippen MR) is 92.1 cm³/mol. The SMILES string of the molecule is O=c1c2c(O)c(O)cc(=O)n2c2ncccc2n1Cc1ccc(F)cc1. The van der Waals surface area contributed by atoms with Crippen molar-refractivity contribution >= 4 is 16.7 Å². The lowest BCUT2D eigenvalue weighted by molar-refractivity contribution is 0.404. The molecule has 0 fully saturated rings. The zero-order chi connectivity index (χ0) is 18.4. The Labute approximate surface area is 144 Å². The molecule has 0 aliphatic carbocycles. The van der Waals surface area contributed by atoms with E-state index in [0.29, 0.717) is 11.1 Å². The highest BCUT2D eigenvalue weighted by Gasteiger charge is 2.19. The van der Waals surface area contributed by atoms with Gasteiger partial charge in [-0.3, -0.25) is 18.6 Å². The van der Waals surface area contributed by atoms with Gasteiger partial charge in [0.25, 0.3) is 11.1 Å². The number of halogens is 1. The zero-order valence-corrected chi connectivity index (χ0v) is 13.3. The average molecular weight is 353 g/mol. The van der Waals surface area contributed by atoms with E-state index in [0.717, 1.165) is 10.5 Å². The van der Waals surface area contributed by atoms with Crippen LogP contribution in [0.15, 0.2) is 58.3 Å². The normalized spacial score (nSPS) is 11.3. The first-order valence-electron chi connectivity index (χ1n) is 7.67. The lowest BCUT2D eigenvalue weighted by atomic mass is 10.2. The smallest absolute Gasteiger partial charge is 0.279 e. The summed E-state index contributed by atoms with van der Waals surface area (Å²) >= 11 is 0. The van der Waals surface area contributed by atoms with E-state index >= 15 is 0 Å². The van der Waals surface area contributed by atoms with Gasteiger partial charge in [0.15, 0.2) is 22.7 Å². The number of pyridine rings is 2. The van der Waals surface area contributed by atoms with Crippen LogP contribution in [-0.4, -0.2) is 24.2 Å². The first-order chi connectivity index (χ1) is 12.5. The van der Waals surface area contributed by atoms with Crippen LogP contribution < -0.4 is 11.1 Å². The highest BCUT2D eigenvalue weighted by molar-refractivity contribution is 5.78. The quantitative estimate of drug-likeness (QED) is 0.534. The third kappa shape index (κ3) is 2.31. The molecule has 0 unspecified atom stereocenters. The van der Waals surface area contributed by atoms with Crippen LogP contribution in [0.1, 0.15) is 5.56 Å². The van der Waals surface area contributed by atoms with E-state index in [1.165, 1.54) is 35.0 Å². The maximum atomic E-state index is 13.1. The highest BCUT2D eigenvalue weighted by Crippen LogP contribution is 2.27. The summed E-state index contributed by atoms with van der Waals surface area (Å²) in [6.45, 7) is 0.0705. The minimum Gasteiger partial charge on any atom is -0.504 e. The fourth-order valence-electron chi connectivity index (χ4n) is 2.93. The molecule has 0 aliphatic rings. The van der Waals surface area contributed by atoms with E-state index in [9.17, 15) is 24.2 Å². The maximum Gasteiger partial charge on any atom is 0.279 e. The molecule has 0 bridgehead atoms. The second kappa shape index (κ2) is 5.69. The minimum absolute atomic E-state index is 0.0705. The third-order valence-electron chi connectivity index (χ3n) is 4.14. The van der Waals surface area contributed by atoms with Crippen molar-refractivity contribution in [2.24, 2.45) is 0 Å². The molecule has 1 aromatic carbocycles. The molecule has 3 aromatic heterocycles. The molecule has 0 saturated carbocycles. The Morgan fingerprint density at radius 1 is 1.08 bits per heavy atom. The van der Waals surface area contributed by atoms with Crippen molar-refractivity contribution in [3.8, 4) is 11.5 Å². The number of hydrogen-bond acceptors (Lipinski definition) is 5. The lowest BCUT2D eigenvalue weighted by Gasteiger charge is -2.14. The van der Waals surface area contributed by atoms with Crippen LogP contribution in [0.25, 0.3) is 16.7 Å². The van der Waals surface area contributed by atoms with Gasteiger partial charge in [-0.1, -0.05) is 12.1 Å². The Morgan fingerprint density at radius 2 is 1.81 bits per heavy atom. The van der Waals surface area contributed by atoms with Gasteiger partial charge >= 0.3 is 0 Å². The van der Waals surface area contributed by atoms with E-state index < -0.39 is 28.4 Å². The molecule has 0 atom stereocenters. The fraction of sp³-hybridized carbons (Fsp3) is 0.0556. The molecule has 7 nitrogen and oxygen atoms in total. The van der Waals surface area contributed by atoms with Gasteiger partial charge < -0.3 is 10.2 Å². The van der Waals surface area contributed by atoms with Crippen LogP contribution in [-0.2, 0) is 6.54 Å². The topological polar surface area (TPSA) is 96.8 Å². The van der Waals surface area contributed by atoms with Crippen molar-refractivity contribution in [3.63, 3.8) is 0 Å². The molecule has 0 radical (unpaired) electrons. The summed E-state index contributed by atoms with van der Waals surface area (Å²) in [6, 6.07) is 9.65.